The first-order valence-corrected chi connectivity index (χ1v) is 5.14. The number of para-hydroxylation sites is 1. The normalized spacial score (nSPS) is 15.8. The Balaban J connectivity index is 2.41. The van der Waals surface area contributed by atoms with Crippen molar-refractivity contribution in [3.8, 4) is 0 Å². The maximum Gasteiger partial charge on any atom is 0.0482 e. The first-order chi connectivity index (χ1) is 6.88. The number of nitrogens with zero attached hydrogens (tertiary/aromatic N) is 1. The van der Waals surface area contributed by atoms with Gasteiger partial charge in [-0.25, -0.2) is 0 Å². The zero-order valence-corrected chi connectivity index (χ0v) is 8.38. The van der Waals surface area contributed by atoms with Gasteiger partial charge in [0.2, 0.25) is 0 Å². The van der Waals surface area contributed by atoms with Crippen LogP contribution in [0.1, 0.15) is 17.7 Å². The Hall–Kier alpha value is -1.24. The number of aryl methyl sites for hydroxylation is 1. The molecule has 0 spiro atoms. The maximum absolute atomic E-state index is 3.43. The largest absolute Gasteiger partial charge is 0.347 e. The Bertz CT molecular complexity index is 479. The van der Waals surface area contributed by atoms with Crippen molar-refractivity contribution in [3.05, 3.63) is 41.9 Å². The Kier molecular flexibility index (Phi) is 1.66. The van der Waals surface area contributed by atoms with Gasteiger partial charge in [0.1, 0.15) is 0 Å². The Morgan fingerprint density at radius 2 is 2.14 bits per heavy atom. The number of aromatic nitrogens is 1. The van der Waals surface area contributed by atoms with Gasteiger partial charge in [-0.05, 0) is 37.3 Å². The van der Waals surface area contributed by atoms with E-state index in [2.05, 4.69) is 42.3 Å². The van der Waals surface area contributed by atoms with Crippen LogP contribution in [0.25, 0.3) is 10.9 Å². The van der Waals surface area contributed by atoms with Gasteiger partial charge in [-0.3, -0.25) is 0 Å². The van der Waals surface area contributed by atoms with Crippen molar-refractivity contribution in [2.75, 3.05) is 0 Å². The van der Waals surface area contributed by atoms with Gasteiger partial charge < -0.3 is 4.57 Å². The second kappa shape index (κ2) is 2.88. The molecule has 14 heavy (non-hydrogen) atoms. The van der Waals surface area contributed by atoms with Crippen LogP contribution in [0.2, 0.25) is 0 Å². The summed E-state index contributed by atoms with van der Waals surface area (Å²) >= 11 is 0. The van der Waals surface area contributed by atoms with Crippen LogP contribution in [-0.2, 0) is 19.9 Å². The van der Waals surface area contributed by atoms with Gasteiger partial charge in [-0.2, -0.15) is 0 Å². The average Bonchev–Trinajstić information content (AvgIpc) is 2.55. The zero-order chi connectivity index (χ0) is 9.54. The fourth-order valence-electron chi connectivity index (χ4n) is 2.46. The van der Waals surface area contributed by atoms with Crippen molar-refractivity contribution in [2.45, 2.75) is 19.3 Å². The number of hydrogen-bond donors (Lipinski definition) is 0. The molecule has 1 heteroatoms. The third-order valence-electron chi connectivity index (χ3n) is 3.18. The predicted octanol–water partition coefficient (Wildman–Crippen LogP) is 2.75. The first-order valence-electron chi connectivity index (χ1n) is 5.14. The Morgan fingerprint density at radius 1 is 1.29 bits per heavy atom. The molecular formula is C13H13N. The molecule has 0 aliphatic heterocycles. The number of fused-ring (bicyclic) bond motifs is 3. The molecule has 1 aromatic heterocycles. The van der Waals surface area contributed by atoms with E-state index in [1.54, 1.807) is 0 Å². The molecule has 1 aromatic carbocycles. The molecule has 0 atom stereocenters. The van der Waals surface area contributed by atoms with Gasteiger partial charge in [0.25, 0.3) is 0 Å². The third kappa shape index (κ3) is 0.955. The highest BCUT2D eigenvalue weighted by Crippen LogP contribution is 2.30. The van der Waals surface area contributed by atoms with E-state index in [-0.39, 0.29) is 0 Å². The van der Waals surface area contributed by atoms with Gasteiger partial charge in [0.05, 0.1) is 0 Å². The Morgan fingerprint density at radius 3 is 3.07 bits per heavy atom. The van der Waals surface area contributed by atoms with Crippen LogP contribution in [0.15, 0.2) is 24.3 Å². The van der Waals surface area contributed by atoms with Gasteiger partial charge in [-0.1, -0.05) is 18.2 Å². The zero-order valence-electron chi connectivity index (χ0n) is 8.38. The van der Waals surface area contributed by atoms with Crippen LogP contribution in [-0.4, -0.2) is 4.57 Å². The number of hydrogen-bond acceptors (Lipinski definition) is 0. The minimum absolute atomic E-state index is 1.02. The summed E-state index contributed by atoms with van der Waals surface area (Å²) in [5, 5.41) is 1.41. The predicted molar refractivity (Wildman–Crippen MR) is 58.2 cm³/mol. The number of rotatable bonds is 0. The van der Waals surface area contributed by atoms with E-state index in [1.165, 1.54) is 22.2 Å². The van der Waals surface area contributed by atoms with Crippen molar-refractivity contribution >= 4 is 10.9 Å². The lowest BCUT2D eigenvalue weighted by atomic mass is 9.96. The van der Waals surface area contributed by atoms with E-state index < -0.39 is 0 Å². The molecule has 3 rings (SSSR count). The molecule has 0 saturated heterocycles. The van der Waals surface area contributed by atoms with Crippen molar-refractivity contribution < 1.29 is 0 Å². The summed E-state index contributed by atoms with van der Waals surface area (Å²) in [4.78, 5) is 0. The van der Waals surface area contributed by atoms with Crippen molar-refractivity contribution in [1.82, 2.24) is 4.57 Å². The van der Waals surface area contributed by atoms with E-state index in [1.807, 2.05) is 0 Å². The van der Waals surface area contributed by atoms with Crippen molar-refractivity contribution in [3.63, 3.8) is 0 Å². The summed E-state index contributed by atoms with van der Waals surface area (Å²) < 4.78 is 2.34. The highest BCUT2D eigenvalue weighted by Gasteiger charge is 2.17. The van der Waals surface area contributed by atoms with E-state index in [9.17, 15) is 0 Å². The van der Waals surface area contributed by atoms with Crippen LogP contribution in [0.5, 0.6) is 0 Å². The number of benzene rings is 1. The molecular weight excluding hydrogens is 170 g/mol. The first kappa shape index (κ1) is 8.10. The van der Waals surface area contributed by atoms with Crippen LogP contribution < -0.4 is 0 Å². The minimum atomic E-state index is 1.02. The summed E-state index contributed by atoms with van der Waals surface area (Å²) in [5.74, 6) is 0. The van der Waals surface area contributed by atoms with E-state index in [0.717, 1.165) is 19.3 Å². The molecule has 0 fully saturated rings. The van der Waals surface area contributed by atoms with E-state index >= 15 is 0 Å². The smallest absolute Gasteiger partial charge is 0.0482 e. The summed E-state index contributed by atoms with van der Waals surface area (Å²) in [6, 6.07) is 8.66. The summed E-state index contributed by atoms with van der Waals surface area (Å²) in [6.45, 7) is 0. The molecule has 1 nitrogen and oxygen atoms in total. The second-order valence-corrected chi connectivity index (χ2v) is 3.93. The van der Waals surface area contributed by atoms with Gasteiger partial charge in [-0.15, -0.1) is 0 Å². The molecule has 0 N–H and O–H groups in total. The van der Waals surface area contributed by atoms with Crippen molar-refractivity contribution in [1.29, 1.82) is 0 Å². The monoisotopic (exact) mass is 183 g/mol. The topological polar surface area (TPSA) is 4.93 Å². The molecule has 2 radical (unpaired) electrons. The minimum Gasteiger partial charge on any atom is -0.347 e. The molecule has 0 amide bonds. The summed E-state index contributed by atoms with van der Waals surface area (Å²) in [7, 11) is 2.17. The molecule has 2 aromatic rings. The van der Waals surface area contributed by atoms with Crippen LogP contribution >= 0.6 is 0 Å². The molecule has 70 valence electrons. The molecule has 0 saturated carbocycles. The van der Waals surface area contributed by atoms with Crippen LogP contribution in [0, 0.1) is 6.42 Å². The van der Waals surface area contributed by atoms with E-state index in [0.29, 0.717) is 0 Å². The highest BCUT2D eigenvalue weighted by molar-refractivity contribution is 5.85. The molecule has 1 aliphatic rings. The van der Waals surface area contributed by atoms with Gasteiger partial charge in [0.15, 0.2) is 0 Å². The standard InChI is InChI=1S/C13H13N/c1-14-12-8-4-2-6-10(12)11-7-3-5-9-13(11)14/h2,4,6,8H,5,7,9H2,1H3. The lowest BCUT2D eigenvalue weighted by molar-refractivity contribution is 0.753. The quantitative estimate of drug-likeness (QED) is 0.592. The van der Waals surface area contributed by atoms with Crippen LogP contribution in [0.3, 0.4) is 0 Å². The van der Waals surface area contributed by atoms with Crippen molar-refractivity contribution in [2.24, 2.45) is 7.05 Å². The second-order valence-electron chi connectivity index (χ2n) is 3.93. The third-order valence-corrected chi connectivity index (χ3v) is 3.18. The SMILES string of the molecule is Cn1c2c(c3ccccc31)C[C]CC2. The molecule has 0 bridgehead atoms. The Labute approximate surface area is 84.4 Å². The molecule has 0 unspecified atom stereocenters. The molecule has 1 aliphatic carbocycles. The van der Waals surface area contributed by atoms with Gasteiger partial charge >= 0.3 is 0 Å². The maximum atomic E-state index is 3.43. The highest BCUT2D eigenvalue weighted by atomic mass is 14.9. The van der Waals surface area contributed by atoms with Crippen LogP contribution in [0.4, 0.5) is 0 Å². The summed E-state index contributed by atoms with van der Waals surface area (Å²) in [6.07, 6.45) is 6.72. The fourth-order valence-corrected chi connectivity index (χ4v) is 2.46. The summed E-state index contributed by atoms with van der Waals surface area (Å²) in [5.41, 5.74) is 4.36. The van der Waals surface area contributed by atoms with Gasteiger partial charge in [0, 0.05) is 23.6 Å². The fraction of sp³-hybridized carbons (Fsp3) is 0.308. The lowest BCUT2D eigenvalue weighted by Crippen LogP contribution is -2.05. The molecule has 1 heterocycles. The average molecular weight is 183 g/mol. The lowest BCUT2D eigenvalue weighted by Gasteiger charge is -2.12. The van der Waals surface area contributed by atoms with E-state index in [4.69, 9.17) is 0 Å².